The summed E-state index contributed by atoms with van der Waals surface area (Å²) in [6.07, 6.45) is 1.07. The number of likely N-dealkylation sites (N-methyl/N-ethyl adjacent to an activating group) is 1. The summed E-state index contributed by atoms with van der Waals surface area (Å²) < 4.78 is 5.02. The zero-order valence-electron chi connectivity index (χ0n) is 14.7. The Morgan fingerprint density at radius 3 is 2.24 bits per heavy atom. The number of nitrogens with one attached hydrogen (secondary N) is 1. The molecule has 1 amide bonds. The summed E-state index contributed by atoms with van der Waals surface area (Å²) in [6.45, 7) is 13.2. The molecule has 124 valence electrons. The maximum atomic E-state index is 12.3. The molecule has 1 N–H and O–H groups in total. The Labute approximate surface area is 129 Å². The third-order valence-electron chi connectivity index (χ3n) is 3.76. The maximum Gasteiger partial charge on any atom is 0.319 e. The van der Waals surface area contributed by atoms with Crippen molar-refractivity contribution in [3.8, 4) is 0 Å². The van der Waals surface area contributed by atoms with Gasteiger partial charge in [0.1, 0.15) is 5.92 Å². The number of hydrogen-bond donors (Lipinski definition) is 1. The molecule has 0 aromatic rings. The predicted molar refractivity (Wildman–Crippen MR) is 85.0 cm³/mol. The van der Waals surface area contributed by atoms with E-state index in [0.29, 0.717) is 12.6 Å². The topological polar surface area (TPSA) is 58.6 Å². The van der Waals surface area contributed by atoms with Crippen molar-refractivity contribution in [2.75, 3.05) is 26.7 Å². The number of amides is 1. The fraction of sp³-hybridized carbons (Fsp3) is 0.875. The summed E-state index contributed by atoms with van der Waals surface area (Å²) in [5, 5.41) is 2.86. The van der Waals surface area contributed by atoms with E-state index in [0.717, 1.165) is 13.0 Å². The summed E-state index contributed by atoms with van der Waals surface area (Å²) in [5.74, 6) is -1.47. The van der Waals surface area contributed by atoms with Crippen LogP contribution in [-0.4, -0.2) is 49.6 Å². The van der Waals surface area contributed by atoms with Crippen molar-refractivity contribution in [2.24, 2.45) is 11.3 Å². The highest BCUT2D eigenvalue weighted by Gasteiger charge is 2.38. The molecular weight excluding hydrogens is 268 g/mol. The van der Waals surface area contributed by atoms with E-state index in [1.807, 2.05) is 27.8 Å². The van der Waals surface area contributed by atoms with Gasteiger partial charge in [0.2, 0.25) is 5.91 Å². The molecule has 0 saturated heterocycles. The molecule has 0 aliphatic rings. The molecule has 2 unspecified atom stereocenters. The molecule has 5 heteroatoms. The fourth-order valence-corrected chi connectivity index (χ4v) is 2.07. The van der Waals surface area contributed by atoms with Crippen molar-refractivity contribution in [1.29, 1.82) is 0 Å². The second kappa shape index (κ2) is 9.03. The molecule has 0 spiro atoms. The Bertz CT molecular complexity index is 337. The van der Waals surface area contributed by atoms with E-state index in [1.165, 1.54) is 0 Å². The van der Waals surface area contributed by atoms with Gasteiger partial charge in [-0.3, -0.25) is 9.59 Å². The molecule has 0 aromatic heterocycles. The van der Waals surface area contributed by atoms with Crippen molar-refractivity contribution >= 4 is 11.9 Å². The number of ether oxygens (including phenoxy) is 1. The molecule has 0 aromatic carbocycles. The lowest BCUT2D eigenvalue weighted by Gasteiger charge is -2.28. The Hall–Kier alpha value is -1.10. The van der Waals surface area contributed by atoms with Gasteiger partial charge in [-0.2, -0.15) is 0 Å². The van der Waals surface area contributed by atoms with Crippen LogP contribution in [0.15, 0.2) is 0 Å². The maximum absolute atomic E-state index is 12.3. The van der Waals surface area contributed by atoms with Crippen molar-refractivity contribution in [3.05, 3.63) is 0 Å². The van der Waals surface area contributed by atoms with Crippen LogP contribution in [0.1, 0.15) is 48.0 Å². The molecule has 0 saturated carbocycles. The van der Waals surface area contributed by atoms with Gasteiger partial charge in [0.15, 0.2) is 0 Å². The second-order valence-electron chi connectivity index (χ2n) is 6.58. The minimum Gasteiger partial charge on any atom is -0.465 e. The standard InChI is InChI=1S/C16H32N2O3/c1-8-12(3)18(7)11-10-17-14(19)13(16(4,5)6)15(20)21-9-2/h12-13H,8-11H2,1-7H3,(H,17,19). The van der Waals surface area contributed by atoms with Gasteiger partial charge in [-0.05, 0) is 32.7 Å². The van der Waals surface area contributed by atoms with E-state index in [-0.39, 0.29) is 12.5 Å². The van der Waals surface area contributed by atoms with Crippen LogP contribution in [0.3, 0.4) is 0 Å². The molecule has 0 radical (unpaired) electrons. The lowest BCUT2D eigenvalue weighted by Crippen LogP contribution is -2.46. The van der Waals surface area contributed by atoms with Crippen LogP contribution in [0.25, 0.3) is 0 Å². The van der Waals surface area contributed by atoms with Gasteiger partial charge in [-0.25, -0.2) is 0 Å². The number of nitrogens with zero attached hydrogens (tertiary/aromatic N) is 1. The zero-order valence-corrected chi connectivity index (χ0v) is 14.7. The first-order valence-electron chi connectivity index (χ1n) is 7.79. The highest BCUT2D eigenvalue weighted by atomic mass is 16.5. The van der Waals surface area contributed by atoms with Gasteiger partial charge in [-0.1, -0.05) is 27.7 Å². The third kappa shape index (κ3) is 6.93. The molecule has 0 fully saturated rings. The molecule has 0 aliphatic heterocycles. The number of hydrogen-bond acceptors (Lipinski definition) is 4. The van der Waals surface area contributed by atoms with Gasteiger partial charge in [0, 0.05) is 19.1 Å². The molecule has 0 bridgehead atoms. The van der Waals surface area contributed by atoms with Gasteiger partial charge >= 0.3 is 5.97 Å². The van der Waals surface area contributed by atoms with Crippen LogP contribution in [-0.2, 0) is 14.3 Å². The number of esters is 1. The van der Waals surface area contributed by atoms with Crippen LogP contribution < -0.4 is 5.32 Å². The monoisotopic (exact) mass is 300 g/mol. The summed E-state index contributed by atoms with van der Waals surface area (Å²) in [6, 6.07) is 0.477. The van der Waals surface area contributed by atoms with Crippen molar-refractivity contribution in [3.63, 3.8) is 0 Å². The van der Waals surface area contributed by atoms with Gasteiger partial charge in [0.25, 0.3) is 0 Å². The third-order valence-corrected chi connectivity index (χ3v) is 3.76. The lowest BCUT2D eigenvalue weighted by atomic mass is 9.80. The summed E-state index contributed by atoms with van der Waals surface area (Å²) in [4.78, 5) is 26.5. The van der Waals surface area contributed by atoms with Gasteiger partial charge < -0.3 is 15.0 Å². The minimum absolute atomic E-state index is 0.251. The lowest BCUT2D eigenvalue weighted by molar-refractivity contribution is -0.156. The van der Waals surface area contributed by atoms with Crippen molar-refractivity contribution in [1.82, 2.24) is 10.2 Å². The number of rotatable bonds is 8. The van der Waals surface area contributed by atoms with Crippen molar-refractivity contribution < 1.29 is 14.3 Å². The highest BCUT2D eigenvalue weighted by molar-refractivity contribution is 5.98. The number of carbonyl (C=O) groups is 2. The molecule has 2 atom stereocenters. The zero-order chi connectivity index (χ0) is 16.6. The van der Waals surface area contributed by atoms with Crippen LogP contribution in [0.4, 0.5) is 0 Å². The van der Waals surface area contributed by atoms with E-state index < -0.39 is 17.3 Å². The van der Waals surface area contributed by atoms with E-state index in [4.69, 9.17) is 4.74 Å². The molecule has 5 nitrogen and oxygen atoms in total. The van der Waals surface area contributed by atoms with Gasteiger partial charge in [0.05, 0.1) is 6.61 Å². The SMILES string of the molecule is CCOC(=O)C(C(=O)NCCN(C)C(C)CC)C(C)(C)C. The van der Waals surface area contributed by atoms with E-state index in [2.05, 4.69) is 24.1 Å². The van der Waals surface area contributed by atoms with Crippen LogP contribution in [0.2, 0.25) is 0 Å². The average Bonchev–Trinajstić information content (AvgIpc) is 2.36. The fourth-order valence-electron chi connectivity index (χ4n) is 2.07. The molecular formula is C16H32N2O3. The summed E-state index contributed by atoms with van der Waals surface area (Å²) in [5.41, 5.74) is -0.459. The molecule has 0 rings (SSSR count). The van der Waals surface area contributed by atoms with Crippen LogP contribution in [0, 0.1) is 11.3 Å². The van der Waals surface area contributed by atoms with E-state index >= 15 is 0 Å². The number of carbonyl (C=O) groups excluding carboxylic acids is 2. The molecule has 0 aliphatic carbocycles. The average molecular weight is 300 g/mol. The normalized spacial score (nSPS) is 14.7. The quantitative estimate of drug-likeness (QED) is 0.550. The molecule has 0 heterocycles. The van der Waals surface area contributed by atoms with Crippen molar-refractivity contribution in [2.45, 2.75) is 54.0 Å². The first kappa shape index (κ1) is 19.9. The first-order valence-corrected chi connectivity index (χ1v) is 7.79. The Kier molecular flexibility index (Phi) is 8.55. The Morgan fingerprint density at radius 2 is 1.81 bits per heavy atom. The minimum atomic E-state index is -0.772. The first-order chi connectivity index (χ1) is 9.65. The Balaban J connectivity index is 4.53. The Morgan fingerprint density at radius 1 is 1.24 bits per heavy atom. The van der Waals surface area contributed by atoms with Crippen LogP contribution in [0.5, 0.6) is 0 Å². The van der Waals surface area contributed by atoms with E-state index in [9.17, 15) is 9.59 Å². The van der Waals surface area contributed by atoms with E-state index in [1.54, 1.807) is 6.92 Å². The van der Waals surface area contributed by atoms with Gasteiger partial charge in [-0.15, -0.1) is 0 Å². The largest absolute Gasteiger partial charge is 0.465 e. The second-order valence-corrected chi connectivity index (χ2v) is 6.58. The smallest absolute Gasteiger partial charge is 0.319 e. The van der Waals surface area contributed by atoms with Crippen LogP contribution >= 0.6 is 0 Å². The predicted octanol–water partition coefficient (Wildman–Crippen LogP) is 2.06. The highest BCUT2D eigenvalue weighted by Crippen LogP contribution is 2.27. The molecule has 21 heavy (non-hydrogen) atoms. The summed E-state index contributed by atoms with van der Waals surface area (Å²) >= 11 is 0. The summed E-state index contributed by atoms with van der Waals surface area (Å²) in [7, 11) is 2.03.